The molecule has 0 unspecified atom stereocenters. The van der Waals surface area contributed by atoms with Crippen LogP contribution in [0.2, 0.25) is 0 Å². The molecule has 0 bridgehead atoms. The predicted molar refractivity (Wildman–Crippen MR) is 90.0 cm³/mol. The second kappa shape index (κ2) is 5.41. The second-order valence-corrected chi connectivity index (χ2v) is 5.98. The third-order valence-corrected chi connectivity index (χ3v) is 3.88. The molecule has 1 aromatic carbocycles. The highest BCUT2D eigenvalue weighted by atomic mass is 16.5. The van der Waals surface area contributed by atoms with Gasteiger partial charge in [0.25, 0.3) is 0 Å². The van der Waals surface area contributed by atoms with Gasteiger partial charge in [-0.3, -0.25) is 9.98 Å². The van der Waals surface area contributed by atoms with Crippen molar-refractivity contribution in [3.8, 4) is 0 Å². The minimum Gasteiger partial charge on any atom is -0.494 e. The Hall–Kier alpha value is -2.42. The van der Waals surface area contributed by atoms with Crippen molar-refractivity contribution in [3.05, 3.63) is 71.2 Å². The molecule has 0 aliphatic carbocycles. The highest BCUT2D eigenvalue weighted by molar-refractivity contribution is 6.19. The van der Waals surface area contributed by atoms with Gasteiger partial charge in [0.1, 0.15) is 5.71 Å². The van der Waals surface area contributed by atoms with Crippen molar-refractivity contribution >= 4 is 11.3 Å². The van der Waals surface area contributed by atoms with Crippen LogP contribution in [0.25, 0.3) is 5.57 Å². The Morgan fingerprint density at radius 2 is 1.73 bits per heavy atom. The van der Waals surface area contributed by atoms with Crippen molar-refractivity contribution in [2.45, 2.75) is 26.3 Å². The number of aliphatic imine (C=N–C) groups is 1. The molecular weight excluding hydrogens is 272 g/mol. The molecule has 0 saturated heterocycles. The van der Waals surface area contributed by atoms with Gasteiger partial charge in [0.05, 0.1) is 12.6 Å². The van der Waals surface area contributed by atoms with Gasteiger partial charge in [-0.2, -0.15) is 0 Å². The molecule has 0 atom stereocenters. The molecule has 2 heterocycles. The number of methoxy groups -OCH3 is 1. The van der Waals surface area contributed by atoms with E-state index in [-0.39, 0.29) is 5.54 Å². The Kier molecular flexibility index (Phi) is 3.57. The number of aromatic nitrogens is 1. The molecule has 1 aliphatic heterocycles. The predicted octanol–water partition coefficient (Wildman–Crippen LogP) is 4.03. The van der Waals surface area contributed by atoms with Crippen molar-refractivity contribution in [1.29, 1.82) is 0 Å². The lowest BCUT2D eigenvalue weighted by Crippen LogP contribution is -2.16. The van der Waals surface area contributed by atoms with Crippen LogP contribution in [-0.2, 0) is 4.74 Å². The molecule has 1 aromatic heterocycles. The Balaban J connectivity index is 2.19. The van der Waals surface area contributed by atoms with Gasteiger partial charge >= 0.3 is 0 Å². The Labute approximate surface area is 131 Å². The van der Waals surface area contributed by atoms with Crippen LogP contribution in [0.15, 0.2) is 59.4 Å². The van der Waals surface area contributed by atoms with Crippen LogP contribution in [0, 0.1) is 6.92 Å². The summed E-state index contributed by atoms with van der Waals surface area (Å²) in [5.74, 6) is 0.849. The van der Waals surface area contributed by atoms with Crippen molar-refractivity contribution in [3.63, 3.8) is 0 Å². The maximum absolute atomic E-state index is 5.75. The first-order valence-electron chi connectivity index (χ1n) is 7.40. The van der Waals surface area contributed by atoms with E-state index in [1.165, 1.54) is 0 Å². The number of nitrogens with zero attached hydrogens (tertiary/aromatic N) is 2. The SMILES string of the molecule is COC1=C(c2ccnc(C)c2)C(C)(C)N=C1c1ccccc1. The molecule has 0 saturated carbocycles. The zero-order valence-electron chi connectivity index (χ0n) is 13.4. The van der Waals surface area contributed by atoms with Gasteiger partial charge in [0, 0.05) is 23.0 Å². The van der Waals surface area contributed by atoms with Crippen LogP contribution in [0.4, 0.5) is 0 Å². The van der Waals surface area contributed by atoms with Crippen LogP contribution in [0.5, 0.6) is 0 Å². The topological polar surface area (TPSA) is 34.5 Å². The fourth-order valence-corrected chi connectivity index (χ4v) is 2.96. The summed E-state index contributed by atoms with van der Waals surface area (Å²) < 4.78 is 5.75. The van der Waals surface area contributed by atoms with Crippen LogP contribution in [0.1, 0.15) is 30.7 Å². The van der Waals surface area contributed by atoms with E-state index < -0.39 is 0 Å². The Bertz CT molecular complexity index is 758. The van der Waals surface area contributed by atoms with Gasteiger partial charge in [-0.15, -0.1) is 0 Å². The largest absolute Gasteiger partial charge is 0.494 e. The highest BCUT2D eigenvalue weighted by Gasteiger charge is 2.36. The number of allylic oxidation sites excluding steroid dienone is 1. The molecule has 112 valence electrons. The van der Waals surface area contributed by atoms with Crippen molar-refractivity contribution in [2.24, 2.45) is 4.99 Å². The number of benzene rings is 1. The van der Waals surface area contributed by atoms with E-state index in [1.54, 1.807) is 7.11 Å². The zero-order valence-corrected chi connectivity index (χ0v) is 13.4. The Morgan fingerprint density at radius 1 is 1.00 bits per heavy atom. The molecule has 22 heavy (non-hydrogen) atoms. The molecule has 2 aromatic rings. The van der Waals surface area contributed by atoms with Crippen molar-refractivity contribution in [1.82, 2.24) is 4.98 Å². The number of rotatable bonds is 3. The minimum atomic E-state index is -0.329. The van der Waals surface area contributed by atoms with Crippen LogP contribution in [0.3, 0.4) is 0 Å². The summed E-state index contributed by atoms with van der Waals surface area (Å²) >= 11 is 0. The van der Waals surface area contributed by atoms with Gasteiger partial charge < -0.3 is 4.74 Å². The van der Waals surface area contributed by atoms with Gasteiger partial charge in [-0.25, -0.2) is 0 Å². The number of hydrogen-bond acceptors (Lipinski definition) is 3. The second-order valence-electron chi connectivity index (χ2n) is 5.98. The van der Waals surface area contributed by atoms with Gasteiger partial charge in [-0.1, -0.05) is 30.3 Å². The first kappa shape index (κ1) is 14.5. The molecule has 3 rings (SSSR count). The van der Waals surface area contributed by atoms with Crippen LogP contribution in [-0.4, -0.2) is 23.3 Å². The maximum atomic E-state index is 5.75. The van der Waals surface area contributed by atoms with E-state index in [0.717, 1.165) is 33.9 Å². The first-order valence-corrected chi connectivity index (χ1v) is 7.40. The van der Waals surface area contributed by atoms with Gasteiger partial charge in [-0.05, 0) is 38.5 Å². The quantitative estimate of drug-likeness (QED) is 0.856. The fourth-order valence-electron chi connectivity index (χ4n) is 2.96. The molecule has 3 nitrogen and oxygen atoms in total. The first-order chi connectivity index (χ1) is 10.5. The number of aryl methyl sites for hydroxylation is 1. The van der Waals surface area contributed by atoms with Gasteiger partial charge in [0.2, 0.25) is 0 Å². The third kappa shape index (κ3) is 2.43. The van der Waals surface area contributed by atoms with Crippen LogP contribution >= 0.6 is 0 Å². The summed E-state index contributed by atoms with van der Waals surface area (Å²) in [5, 5.41) is 0. The average molecular weight is 292 g/mol. The zero-order chi connectivity index (χ0) is 15.7. The summed E-state index contributed by atoms with van der Waals surface area (Å²) in [5.41, 5.74) is 4.88. The monoisotopic (exact) mass is 292 g/mol. The molecule has 0 amide bonds. The molecular formula is C19H20N2O. The summed E-state index contributed by atoms with van der Waals surface area (Å²) in [6, 6.07) is 14.3. The smallest absolute Gasteiger partial charge is 0.150 e. The maximum Gasteiger partial charge on any atom is 0.150 e. The number of pyridine rings is 1. The minimum absolute atomic E-state index is 0.329. The van der Waals surface area contributed by atoms with E-state index in [0.29, 0.717) is 0 Å². The molecule has 0 spiro atoms. The average Bonchev–Trinajstić information content (AvgIpc) is 2.79. The van der Waals surface area contributed by atoms with E-state index in [1.807, 2.05) is 37.4 Å². The van der Waals surface area contributed by atoms with E-state index in [9.17, 15) is 0 Å². The highest BCUT2D eigenvalue weighted by Crippen LogP contribution is 2.40. The summed E-state index contributed by atoms with van der Waals surface area (Å²) in [6.45, 7) is 6.23. The van der Waals surface area contributed by atoms with E-state index in [4.69, 9.17) is 9.73 Å². The number of ether oxygens (including phenoxy) is 1. The van der Waals surface area contributed by atoms with Crippen molar-refractivity contribution < 1.29 is 4.74 Å². The molecule has 1 aliphatic rings. The fraction of sp³-hybridized carbons (Fsp3) is 0.263. The molecule has 0 fully saturated rings. The molecule has 0 radical (unpaired) electrons. The lowest BCUT2D eigenvalue weighted by atomic mass is 9.89. The van der Waals surface area contributed by atoms with Gasteiger partial charge in [0.15, 0.2) is 5.76 Å². The summed E-state index contributed by atoms with van der Waals surface area (Å²) in [6.07, 6.45) is 1.83. The third-order valence-electron chi connectivity index (χ3n) is 3.88. The van der Waals surface area contributed by atoms with Crippen molar-refractivity contribution in [2.75, 3.05) is 7.11 Å². The summed E-state index contributed by atoms with van der Waals surface area (Å²) in [7, 11) is 1.71. The van der Waals surface area contributed by atoms with E-state index >= 15 is 0 Å². The lowest BCUT2D eigenvalue weighted by Gasteiger charge is -2.20. The standard InChI is InChI=1S/C19H20N2O/c1-13-12-15(10-11-20-13)16-18(22-4)17(21-19(16,2)3)14-8-6-5-7-9-14/h5-12H,1-4H3. The molecule has 0 N–H and O–H groups in total. The normalized spacial score (nSPS) is 16.6. The van der Waals surface area contributed by atoms with Crippen LogP contribution < -0.4 is 0 Å². The number of hydrogen-bond donors (Lipinski definition) is 0. The lowest BCUT2D eigenvalue weighted by molar-refractivity contribution is 0.317. The Morgan fingerprint density at radius 3 is 2.36 bits per heavy atom. The summed E-state index contributed by atoms with van der Waals surface area (Å²) in [4.78, 5) is 9.21. The van der Waals surface area contributed by atoms with E-state index in [2.05, 4.69) is 37.0 Å². The molecule has 3 heteroatoms.